The zero-order valence-corrected chi connectivity index (χ0v) is 11.8. The van der Waals surface area contributed by atoms with Crippen molar-refractivity contribution in [2.75, 3.05) is 0 Å². The molecule has 3 aromatic rings. The second-order valence-electron chi connectivity index (χ2n) is 4.92. The van der Waals surface area contributed by atoms with Crippen molar-refractivity contribution >= 4 is 17.1 Å². The summed E-state index contributed by atoms with van der Waals surface area (Å²) in [6.07, 6.45) is 0.823. The second kappa shape index (κ2) is 6.11. The van der Waals surface area contributed by atoms with Crippen LogP contribution in [0.3, 0.4) is 0 Å². The Balaban J connectivity index is 1.90. The molecule has 0 aromatic heterocycles. The van der Waals surface area contributed by atoms with Gasteiger partial charge in [0.2, 0.25) is 0 Å². The van der Waals surface area contributed by atoms with Crippen LogP contribution in [0.4, 0.5) is 0 Å². The van der Waals surface area contributed by atoms with Crippen molar-refractivity contribution in [3.8, 4) is 11.8 Å². The maximum absolute atomic E-state index is 11.4. The van der Waals surface area contributed by atoms with E-state index in [1.54, 1.807) is 18.2 Å². The quantitative estimate of drug-likeness (QED) is 0.679. The van der Waals surface area contributed by atoms with Crippen molar-refractivity contribution in [1.29, 1.82) is 5.26 Å². The molecule has 0 fully saturated rings. The van der Waals surface area contributed by atoms with Gasteiger partial charge in [0.05, 0.1) is 17.2 Å². The third kappa shape index (κ3) is 2.68. The molecule has 106 valence electrons. The monoisotopic (exact) mass is 287 g/mol. The summed E-state index contributed by atoms with van der Waals surface area (Å²) in [5.74, 6) is 0.552. The Morgan fingerprint density at radius 2 is 1.91 bits per heavy atom. The van der Waals surface area contributed by atoms with E-state index in [1.807, 2.05) is 42.5 Å². The molecule has 0 aliphatic rings. The number of ether oxygens (including phenoxy) is 1. The molecule has 0 heterocycles. The summed E-state index contributed by atoms with van der Waals surface area (Å²) in [6.45, 7) is 0.314. The first-order valence-corrected chi connectivity index (χ1v) is 6.90. The first-order valence-electron chi connectivity index (χ1n) is 6.90. The van der Waals surface area contributed by atoms with Gasteiger partial charge in [-0.1, -0.05) is 42.5 Å². The average Bonchev–Trinajstić information content (AvgIpc) is 2.59. The predicted molar refractivity (Wildman–Crippen MR) is 84.8 cm³/mol. The van der Waals surface area contributed by atoms with E-state index in [2.05, 4.69) is 6.07 Å². The van der Waals surface area contributed by atoms with E-state index in [0.717, 1.165) is 22.6 Å². The van der Waals surface area contributed by atoms with Gasteiger partial charge in [-0.2, -0.15) is 5.26 Å². The topological polar surface area (TPSA) is 50.1 Å². The first kappa shape index (κ1) is 13.8. The number of hydrogen-bond donors (Lipinski definition) is 0. The first-order chi connectivity index (χ1) is 10.8. The number of carbonyl (C=O) groups excluding carboxylic acids is 1. The zero-order valence-electron chi connectivity index (χ0n) is 11.8. The zero-order chi connectivity index (χ0) is 15.4. The van der Waals surface area contributed by atoms with Crippen LogP contribution < -0.4 is 4.74 Å². The molecule has 0 saturated carbocycles. The second-order valence-corrected chi connectivity index (χ2v) is 4.92. The Morgan fingerprint density at radius 3 is 2.73 bits per heavy atom. The van der Waals surface area contributed by atoms with E-state index in [1.165, 1.54) is 0 Å². The summed E-state index contributed by atoms with van der Waals surface area (Å²) in [7, 11) is 0. The maximum Gasteiger partial charge on any atom is 0.154 e. The minimum Gasteiger partial charge on any atom is -0.488 e. The fourth-order valence-electron chi connectivity index (χ4n) is 2.41. The molecule has 0 saturated heterocycles. The van der Waals surface area contributed by atoms with E-state index in [-0.39, 0.29) is 0 Å². The highest BCUT2D eigenvalue weighted by Crippen LogP contribution is 2.27. The highest BCUT2D eigenvalue weighted by atomic mass is 16.5. The number of aldehydes is 1. The minimum absolute atomic E-state index is 0.314. The Labute approximate surface area is 128 Å². The molecule has 0 aliphatic carbocycles. The van der Waals surface area contributed by atoms with Gasteiger partial charge in [-0.25, -0.2) is 0 Å². The molecule has 0 unspecified atom stereocenters. The van der Waals surface area contributed by atoms with Crippen molar-refractivity contribution < 1.29 is 9.53 Å². The number of benzene rings is 3. The molecule has 0 radical (unpaired) electrons. The molecule has 0 aliphatic heterocycles. The molecule has 3 nitrogen and oxygen atoms in total. The van der Waals surface area contributed by atoms with Gasteiger partial charge in [0.15, 0.2) is 6.29 Å². The van der Waals surface area contributed by atoms with Crippen LogP contribution in [-0.4, -0.2) is 6.29 Å². The van der Waals surface area contributed by atoms with Crippen LogP contribution in [0.2, 0.25) is 0 Å². The Kier molecular flexibility index (Phi) is 3.84. The van der Waals surface area contributed by atoms with E-state index < -0.39 is 0 Å². The average molecular weight is 287 g/mol. The summed E-state index contributed by atoms with van der Waals surface area (Å²) < 4.78 is 5.78. The van der Waals surface area contributed by atoms with Crippen molar-refractivity contribution in [2.45, 2.75) is 6.61 Å². The molecule has 0 bridgehead atoms. The van der Waals surface area contributed by atoms with Crippen molar-refractivity contribution in [3.63, 3.8) is 0 Å². The standard InChI is InChI=1S/C19H13NO2/c20-11-14-4-3-5-15(10-14)13-22-19-9-8-16-6-1-2-7-17(16)18(19)12-21/h1-10,12H,13H2. The van der Waals surface area contributed by atoms with E-state index in [4.69, 9.17) is 10.00 Å². The Bertz CT molecular complexity index is 878. The Morgan fingerprint density at radius 1 is 1.05 bits per heavy atom. The van der Waals surface area contributed by atoms with Gasteiger partial charge in [0, 0.05) is 0 Å². The fraction of sp³-hybridized carbons (Fsp3) is 0.0526. The molecule has 22 heavy (non-hydrogen) atoms. The third-order valence-corrected chi connectivity index (χ3v) is 3.50. The SMILES string of the molecule is N#Cc1cccc(COc2ccc3ccccc3c2C=O)c1. The molecule has 0 atom stereocenters. The van der Waals surface area contributed by atoms with Crippen LogP contribution in [0.5, 0.6) is 5.75 Å². The van der Waals surface area contributed by atoms with Gasteiger partial charge in [-0.15, -0.1) is 0 Å². The van der Waals surface area contributed by atoms with Crippen molar-refractivity contribution in [1.82, 2.24) is 0 Å². The van der Waals surface area contributed by atoms with Gasteiger partial charge in [0.25, 0.3) is 0 Å². The van der Waals surface area contributed by atoms with Gasteiger partial charge in [-0.05, 0) is 34.5 Å². The van der Waals surface area contributed by atoms with Crippen LogP contribution in [0.15, 0.2) is 60.7 Å². The molecular weight excluding hydrogens is 274 g/mol. The molecule has 3 rings (SSSR count). The summed E-state index contributed by atoms with van der Waals surface area (Å²) in [5.41, 5.74) is 2.04. The van der Waals surface area contributed by atoms with E-state index in [9.17, 15) is 4.79 Å². The molecule has 0 amide bonds. The van der Waals surface area contributed by atoms with Crippen molar-refractivity contribution in [2.24, 2.45) is 0 Å². The largest absolute Gasteiger partial charge is 0.488 e. The maximum atomic E-state index is 11.4. The van der Waals surface area contributed by atoms with Gasteiger partial charge in [0.1, 0.15) is 12.4 Å². The molecule has 0 spiro atoms. The summed E-state index contributed by atoms with van der Waals surface area (Å²) in [6, 6.07) is 20.8. The Hall–Kier alpha value is -3.12. The van der Waals surface area contributed by atoms with Crippen molar-refractivity contribution in [3.05, 3.63) is 77.4 Å². The lowest BCUT2D eigenvalue weighted by Crippen LogP contribution is -1.99. The van der Waals surface area contributed by atoms with Crippen LogP contribution in [0, 0.1) is 11.3 Å². The number of rotatable bonds is 4. The number of carbonyl (C=O) groups is 1. The fourth-order valence-corrected chi connectivity index (χ4v) is 2.41. The van der Waals surface area contributed by atoms with Gasteiger partial charge in [-0.3, -0.25) is 4.79 Å². The normalized spacial score (nSPS) is 10.1. The number of nitrogens with zero attached hydrogens (tertiary/aromatic N) is 1. The van der Waals surface area contributed by atoms with Crippen LogP contribution in [-0.2, 0) is 6.61 Å². The number of fused-ring (bicyclic) bond motifs is 1. The smallest absolute Gasteiger partial charge is 0.154 e. The lowest BCUT2D eigenvalue weighted by atomic mass is 10.0. The number of hydrogen-bond acceptors (Lipinski definition) is 3. The van der Waals surface area contributed by atoms with Crippen LogP contribution in [0.1, 0.15) is 21.5 Å². The molecular formula is C19H13NO2. The lowest BCUT2D eigenvalue weighted by Gasteiger charge is -2.11. The highest BCUT2D eigenvalue weighted by molar-refractivity contribution is 6.00. The van der Waals surface area contributed by atoms with E-state index in [0.29, 0.717) is 23.5 Å². The summed E-state index contributed by atoms with van der Waals surface area (Å²) in [5, 5.41) is 10.8. The molecule has 3 heteroatoms. The van der Waals surface area contributed by atoms with Crippen LogP contribution >= 0.6 is 0 Å². The summed E-state index contributed by atoms with van der Waals surface area (Å²) in [4.78, 5) is 11.4. The predicted octanol–water partition coefficient (Wildman–Crippen LogP) is 4.10. The number of nitriles is 1. The van der Waals surface area contributed by atoms with Gasteiger partial charge >= 0.3 is 0 Å². The van der Waals surface area contributed by atoms with Gasteiger partial charge < -0.3 is 4.74 Å². The summed E-state index contributed by atoms with van der Waals surface area (Å²) >= 11 is 0. The molecule has 3 aromatic carbocycles. The minimum atomic E-state index is 0.314. The lowest BCUT2D eigenvalue weighted by molar-refractivity contribution is 0.112. The van der Waals surface area contributed by atoms with E-state index >= 15 is 0 Å². The molecule has 0 N–H and O–H groups in total. The third-order valence-electron chi connectivity index (χ3n) is 3.50. The van der Waals surface area contributed by atoms with Crippen LogP contribution in [0.25, 0.3) is 10.8 Å². The highest BCUT2D eigenvalue weighted by Gasteiger charge is 2.08.